The van der Waals surface area contributed by atoms with Crippen molar-refractivity contribution in [1.29, 1.82) is 0 Å². The third kappa shape index (κ3) is 2.90. The second-order valence-corrected chi connectivity index (χ2v) is 4.77. The Morgan fingerprint density at radius 2 is 0.625 bits per heavy atom. The van der Waals surface area contributed by atoms with Gasteiger partial charge in [0.1, 0.15) is 0 Å². The normalized spacial score (nSPS) is 10.3. The molecule has 1 aliphatic rings. The van der Waals surface area contributed by atoms with Crippen LogP contribution in [0.3, 0.4) is 0 Å². The summed E-state index contributed by atoms with van der Waals surface area (Å²) >= 11 is 0. The maximum absolute atomic E-state index is 9.57. The molecule has 0 atom stereocenters. The van der Waals surface area contributed by atoms with Crippen LogP contribution in [0.5, 0.6) is 23.0 Å². The van der Waals surface area contributed by atoms with Crippen LogP contribution in [-0.2, 0) is 0 Å². The lowest BCUT2D eigenvalue weighted by Crippen LogP contribution is -1.86. The van der Waals surface area contributed by atoms with Crippen LogP contribution >= 0.6 is 0 Å². The van der Waals surface area contributed by atoms with E-state index < -0.39 is 0 Å². The Labute approximate surface area is 138 Å². The molecule has 0 heterocycles. The van der Waals surface area contributed by atoms with Crippen molar-refractivity contribution in [2.45, 2.75) is 0 Å². The van der Waals surface area contributed by atoms with Crippen LogP contribution < -0.4 is 0 Å². The van der Waals surface area contributed by atoms with E-state index in [2.05, 4.69) is 47.4 Å². The van der Waals surface area contributed by atoms with Crippen LogP contribution in [0, 0.1) is 47.4 Å². The molecule has 0 amide bonds. The van der Waals surface area contributed by atoms with Crippen LogP contribution in [0.1, 0.15) is 22.3 Å². The highest BCUT2D eigenvalue weighted by atomic mass is 16.3. The van der Waals surface area contributed by atoms with Crippen LogP contribution in [0.4, 0.5) is 0 Å². The first-order valence-corrected chi connectivity index (χ1v) is 6.70. The Kier molecular flexibility index (Phi) is 3.66. The van der Waals surface area contributed by atoms with E-state index in [1.54, 1.807) is 0 Å². The van der Waals surface area contributed by atoms with Crippen molar-refractivity contribution in [3.63, 3.8) is 0 Å². The van der Waals surface area contributed by atoms with Gasteiger partial charge in [-0.05, 0) is 23.7 Å². The highest BCUT2D eigenvalue weighted by Crippen LogP contribution is 2.28. The standard InChI is InChI=1S/C20H8O4/c21-17-9-13-5-1-2-6-14-10-18(22)20(24)12-16(14)8-4-3-7-15(13)11-19(17)23/h9-12,21-24H. The Morgan fingerprint density at radius 1 is 0.417 bits per heavy atom. The Balaban J connectivity index is 2.20. The molecule has 0 saturated carbocycles. The number of hydrogen-bond acceptors (Lipinski definition) is 4. The first-order valence-electron chi connectivity index (χ1n) is 6.70. The first kappa shape index (κ1) is 14.8. The molecule has 4 nitrogen and oxygen atoms in total. The van der Waals surface area contributed by atoms with Gasteiger partial charge in [-0.2, -0.15) is 0 Å². The molecule has 0 aliphatic heterocycles. The fourth-order valence-corrected chi connectivity index (χ4v) is 1.96. The molecule has 0 spiro atoms. The second kappa shape index (κ2) is 5.94. The Bertz CT molecular complexity index is 930. The number of phenols is 4. The summed E-state index contributed by atoms with van der Waals surface area (Å²) in [6.45, 7) is 0. The van der Waals surface area contributed by atoms with Gasteiger partial charge in [-0.1, -0.05) is 23.7 Å². The monoisotopic (exact) mass is 312 g/mol. The molecule has 1 aliphatic carbocycles. The summed E-state index contributed by atoms with van der Waals surface area (Å²) in [5.74, 6) is 20.2. The average Bonchev–Trinajstić information content (AvgIpc) is 2.54. The smallest absolute Gasteiger partial charge is 0.158 e. The van der Waals surface area contributed by atoms with E-state index in [1.807, 2.05) is 0 Å². The molecule has 0 bridgehead atoms. The van der Waals surface area contributed by atoms with E-state index >= 15 is 0 Å². The van der Waals surface area contributed by atoms with Crippen molar-refractivity contribution in [3.8, 4) is 70.4 Å². The lowest BCUT2D eigenvalue weighted by atomic mass is 10.1. The summed E-state index contributed by atoms with van der Waals surface area (Å²) in [4.78, 5) is 0. The molecule has 4 N–H and O–H groups in total. The molecule has 2 aromatic carbocycles. The number of rotatable bonds is 0. The molecule has 0 aromatic heterocycles. The quantitative estimate of drug-likeness (QED) is 0.440. The van der Waals surface area contributed by atoms with Crippen LogP contribution in [-0.4, -0.2) is 20.4 Å². The van der Waals surface area contributed by atoms with Crippen molar-refractivity contribution in [2.24, 2.45) is 0 Å². The zero-order valence-corrected chi connectivity index (χ0v) is 12.1. The van der Waals surface area contributed by atoms with Crippen molar-refractivity contribution in [3.05, 3.63) is 46.5 Å². The van der Waals surface area contributed by atoms with Crippen LogP contribution in [0.2, 0.25) is 0 Å². The van der Waals surface area contributed by atoms with Gasteiger partial charge in [0.25, 0.3) is 0 Å². The summed E-state index contributed by atoms with van der Waals surface area (Å²) in [5, 5.41) is 38.3. The maximum Gasteiger partial charge on any atom is 0.158 e. The summed E-state index contributed by atoms with van der Waals surface area (Å²) in [5.41, 5.74) is 1.62. The SMILES string of the molecule is Oc1cc2c(cc1O)C#CC#Cc1cc(O)c(O)cc1C#CC#C2. The van der Waals surface area contributed by atoms with Gasteiger partial charge in [0.05, 0.1) is 0 Å². The summed E-state index contributed by atoms with van der Waals surface area (Å²) < 4.78 is 0. The van der Waals surface area contributed by atoms with Crippen molar-refractivity contribution < 1.29 is 20.4 Å². The number of hydrogen-bond donors (Lipinski definition) is 4. The largest absolute Gasteiger partial charge is 0.504 e. The number of benzene rings is 2. The minimum absolute atomic E-state index is 0.304. The topological polar surface area (TPSA) is 80.9 Å². The molecular weight excluding hydrogens is 304 g/mol. The molecule has 0 radical (unpaired) electrons. The maximum atomic E-state index is 9.57. The molecule has 2 aromatic rings. The molecule has 24 heavy (non-hydrogen) atoms. The molecule has 0 saturated heterocycles. The Morgan fingerprint density at radius 3 is 0.833 bits per heavy atom. The van der Waals surface area contributed by atoms with Crippen LogP contribution in [0.15, 0.2) is 24.3 Å². The lowest BCUT2D eigenvalue weighted by Gasteiger charge is -2.01. The minimum atomic E-state index is -0.304. The van der Waals surface area contributed by atoms with Gasteiger partial charge in [-0.25, -0.2) is 0 Å². The molecule has 0 unspecified atom stereocenters. The third-order valence-electron chi connectivity index (χ3n) is 3.14. The predicted molar refractivity (Wildman–Crippen MR) is 87.1 cm³/mol. The average molecular weight is 312 g/mol. The fraction of sp³-hybridized carbons (Fsp3) is 0. The number of aromatic hydroxyl groups is 4. The molecule has 0 fully saturated rings. The molecule has 3 rings (SSSR count). The van der Waals surface area contributed by atoms with E-state index in [0.717, 1.165) is 0 Å². The van der Waals surface area contributed by atoms with Gasteiger partial charge in [-0.15, -0.1) is 0 Å². The van der Waals surface area contributed by atoms with E-state index in [1.165, 1.54) is 24.3 Å². The zero-order valence-electron chi connectivity index (χ0n) is 12.1. The van der Waals surface area contributed by atoms with Gasteiger partial charge in [0, 0.05) is 46.5 Å². The Hall–Kier alpha value is -4.12. The van der Waals surface area contributed by atoms with Gasteiger partial charge in [-0.3, -0.25) is 0 Å². The summed E-state index contributed by atoms with van der Waals surface area (Å²) in [7, 11) is 0. The van der Waals surface area contributed by atoms with E-state index in [4.69, 9.17) is 0 Å². The molecule has 112 valence electrons. The van der Waals surface area contributed by atoms with Gasteiger partial charge in [0.2, 0.25) is 0 Å². The van der Waals surface area contributed by atoms with Gasteiger partial charge >= 0.3 is 0 Å². The first-order chi connectivity index (χ1) is 11.5. The van der Waals surface area contributed by atoms with Crippen molar-refractivity contribution >= 4 is 0 Å². The zero-order chi connectivity index (χ0) is 17.1. The second-order valence-electron chi connectivity index (χ2n) is 4.77. The fourth-order valence-electron chi connectivity index (χ4n) is 1.96. The lowest BCUT2D eigenvalue weighted by molar-refractivity contribution is 0.403. The third-order valence-corrected chi connectivity index (χ3v) is 3.14. The predicted octanol–water partition coefficient (Wildman–Crippen LogP) is 1.63. The highest BCUT2D eigenvalue weighted by Gasteiger charge is 2.06. The highest BCUT2D eigenvalue weighted by molar-refractivity contribution is 5.63. The molecule has 4 heteroatoms. The van der Waals surface area contributed by atoms with E-state index in [-0.39, 0.29) is 23.0 Å². The van der Waals surface area contributed by atoms with Crippen molar-refractivity contribution in [2.75, 3.05) is 0 Å². The molecular formula is C20H8O4. The number of phenolic OH excluding ortho intramolecular Hbond substituents is 4. The van der Waals surface area contributed by atoms with E-state index in [9.17, 15) is 20.4 Å². The van der Waals surface area contributed by atoms with Gasteiger partial charge in [0.15, 0.2) is 23.0 Å². The minimum Gasteiger partial charge on any atom is -0.504 e. The summed E-state index contributed by atoms with van der Waals surface area (Å²) in [6.07, 6.45) is 0. The summed E-state index contributed by atoms with van der Waals surface area (Å²) in [6, 6.07) is 5.19. The van der Waals surface area contributed by atoms with Crippen LogP contribution in [0.25, 0.3) is 0 Å². The van der Waals surface area contributed by atoms with Gasteiger partial charge < -0.3 is 20.4 Å². The van der Waals surface area contributed by atoms with E-state index in [0.29, 0.717) is 22.3 Å². The van der Waals surface area contributed by atoms with Crippen molar-refractivity contribution in [1.82, 2.24) is 0 Å². The number of fused-ring (bicyclic) bond motifs is 2.